The molecule has 0 saturated carbocycles. The summed E-state index contributed by atoms with van der Waals surface area (Å²) in [6.45, 7) is 12.9. The van der Waals surface area contributed by atoms with E-state index in [2.05, 4.69) is 71.9 Å². The summed E-state index contributed by atoms with van der Waals surface area (Å²) in [5, 5.41) is 10.9. The minimum Gasteiger partial charge on any atom is -0.507 e. The molecule has 0 aromatic heterocycles. The molecule has 146 valence electrons. The van der Waals surface area contributed by atoms with Crippen molar-refractivity contribution in [2.45, 2.75) is 52.4 Å². The third-order valence-corrected chi connectivity index (χ3v) is 5.24. The second kappa shape index (κ2) is 7.01. The average molecular weight is 374 g/mol. The van der Waals surface area contributed by atoms with E-state index in [9.17, 15) is 5.11 Å². The summed E-state index contributed by atoms with van der Waals surface area (Å²) in [6.07, 6.45) is 0. The highest BCUT2D eigenvalue weighted by molar-refractivity contribution is 5.83. The molecule has 0 amide bonds. The van der Waals surface area contributed by atoms with Gasteiger partial charge in [0.2, 0.25) is 0 Å². The van der Waals surface area contributed by atoms with Crippen LogP contribution in [-0.4, -0.2) is 5.11 Å². The predicted octanol–water partition coefficient (Wildman–Crippen LogP) is 6.90. The molecule has 3 N–H and O–H groups in total. The zero-order valence-corrected chi connectivity index (χ0v) is 17.8. The molecule has 2 heteroatoms. The zero-order valence-electron chi connectivity index (χ0n) is 17.8. The number of benzene rings is 3. The summed E-state index contributed by atoms with van der Waals surface area (Å²) in [6, 6.07) is 20.5. The van der Waals surface area contributed by atoms with Crippen LogP contribution < -0.4 is 5.73 Å². The van der Waals surface area contributed by atoms with Crippen LogP contribution in [0.15, 0.2) is 60.7 Å². The van der Waals surface area contributed by atoms with Gasteiger partial charge in [-0.05, 0) is 39.2 Å². The Morgan fingerprint density at radius 2 is 1.11 bits per heavy atom. The maximum absolute atomic E-state index is 10.9. The van der Waals surface area contributed by atoms with Gasteiger partial charge in [-0.25, -0.2) is 0 Å². The Balaban J connectivity index is 2.14. The number of anilines is 1. The first kappa shape index (κ1) is 20.0. The van der Waals surface area contributed by atoms with Gasteiger partial charge in [0.15, 0.2) is 0 Å². The Kier molecular flexibility index (Phi) is 5.01. The lowest BCUT2D eigenvalue weighted by atomic mass is 9.83. The summed E-state index contributed by atoms with van der Waals surface area (Å²) in [4.78, 5) is 0. The van der Waals surface area contributed by atoms with Crippen molar-refractivity contribution in [1.29, 1.82) is 0 Å². The van der Waals surface area contributed by atoms with Crippen LogP contribution in [0.25, 0.3) is 22.3 Å². The Morgan fingerprint density at radius 3 is 1.68 bits per heavy atom. The number of phenols is 1. The molecule has 28 heavy (non-hydrogen) atoms. The lowest BCUT2D eigenvalue weighted by Gasteiger charge is -2.23. The van der Waals surface area contributed by atoms with Crippen molar-refractivity contribution < 1.29 is 5.11 Å². The third-order valence-electron chi connectivity index (χ3n) is 5.24. The second-order valence-electron chi connectivity index (χ2n) is 9.55. The maximum atomic E-state index is 10.9. The van der Waals surface area contributed by atoms with Crippen LogP contribution in [0, 0.1) is 0 Å². The summed E-state index contributed by atoms with van der Waals surface area (Å²) < 4.78 is 0. The minimum atomic E-state index is -0.122. The van der Waals surface area contributed by atoms with E-state index < -0.39 is 0 Å². The number of rotatable bonds is 2. The van der Waals surface area contributed by atoms with Gasteiger partial charge in [0.25, 0.3) is 0 Å². The van der Waals surface area contributed by atoms with Crippen molar-refractivity contribution in [3.05, 3.63) is 71.8 Å². The van der Waals surface area contributed by atoms with Gasteiger partial charge in [0.1, 0.15) is 5.75 Å². The normalized spacial score (nSPS) is 12.2. The van der Waals surface area contributed by atoms with Crippen LogP contribution >= 0.6 is 0 Å². The largest absolute Gasteiger partial charge is 0.507 e. The van der Waals surface area contributed by atoms with Gasteiger partial charge in [0, 0.05) is 16.8 Å². The Hall–Kier alpha value is -2.74. The Bertz CT molecular complexity index is 925. The number of aromatic hydroxyl groups is 1. The van der Waals surface area contributed by atoms with Crippen molar-refractivity contribution in [3.8, 4) is 28.0 Å². The topological polar surface area (TPSA) is 46.2 Å². The summed E-state index contributed by atoms with van der Waals surface area (Å²) in [5.74, 6) is 0.351. The van der Waals surface area contributed by atoms with E-state index in [4.69, 9.17) is 5.73 Å². The highest BCUT2D eigenvalue weighted by atomic mass is 16.3. The van der Waals surface area contributed by atoms with Gasteiger partial charge in [-0.2, -0.15) is 0 Å². The molecule has 0 aliphatic carbocycles. The third kappa shape index (κ3) is 3.77. The Labute approximate surface area is 169 Å². The van der Waals surface area contributed by atoms with Crippen molar-refractivity contribution in [1.82, 2.24) is 0 Å². The quantitative estimate of drug-likeness (QED) is 0.480. The molecule has 0 aliphatic rings. The van der Waals surface area contributed by atoms with Crippen molar-refractivity contribution >= 4 is 5.69 Å². The van der Waals surface area contributed by atoms with Crippen molar-refractivity contribution in [2.75, 3.05) is 5.73 Å². The van der Waals surface area contributed by atoms with Crippen LogP contribution in [0.3, 0.4) is 0 Å². The lowest BCUT2D eigenvalue weighted by Crippen LogP contribution is -2.14. The Morgan fingerprint density at radius 1 is 0.643 bits per heavy atom. The molecule has 0 unspecified atom stereocenters. The first-order valence-electron chi connectivity index (χ1n) is 9.82. The molecule has 3 aromatic rings. The lowest BCUT2D eigenvalue weighted by molar-refractivity contribution is 0.448. The van der Waals surface area contributed by atoms with Gasteiger partial charge in [-0.3, -0.25) is 0 Å². The fourth-order valence-corrected chi connectivity index (χ4v) is 3.71. The number of hydrogen-bond acceptors (Lipinski definition) is 2. The molecule has 0 spiro atoms. The van der Waals surface area contributed by atoms with Crippen LogP contribution in [0.1, 0.15) is 52.7 Å². The summed E-state index contributed by atoms with van der Waals surface area (Å²) >= 11 is 0. The number of phenolic OH excluding ortho intramolecular Hbond substituents is 1. The molecular weight excluding hydrogens is 342 g/mol. The smallest absolute Gasteiger partial charge is 0.127 e. The number of para-hydroxylation sites is 2. The van der Waals surface area contributed by atoms with E-state index in [1.807, 2.05) is 30.3 Å². The number of nitrogen functional groups attached to an aromatic ring is 1. The fraction of sp³-hybridized carbons (Fsp3) is 0.308. The standard InChI is InChI=1S/C26H31NO/c1-25(2,3)21-14-8-12-19(23(21)27)17-10-7-11-18(16-17)20-13-9-15-22(24(20)28)26(4,5)6/h7-16,28H,27H2,1-6H3. The number of hydrogen-bond donors (Lipinski definition) is 2. The molecular formula is C26H31NO. The van der Waals surface area contributed by atoms with E-state index in [0.29, 0.717) is 5.75 Å². The summed E-state index contributed by atoms with van der Waals surface area (Å²) in [7, 11) is 0. The molecule has 3 aromatic carbocycles. The molecule has 0 bridgehead atoms. The monoisotopic (exact) mass is 373 g/mol. The van der Waals surface area contributed by atoms with Gasteiger partial charge >= 0.3 is 0 Å². The van der Waals surface area contributed by atoms with E-state index in [1.165, 1.54) is 0 Å². The average Bonchev–Trinajstić information content (AvgIpc) is 2.60. The molecule has 2 nitrogen and oxygen atoms in total. The highest BCUT2D eigenvalue weighted by Gasteiger charge is 2.21. The molecule has 3 rings (SSSR count). The van der Waals surface area contributed by atoms with Crippen LogP contribution in [0.4, 0.5) is 5.69 Å². The predicted molar refractivity (Wildman–Crippen MR) is 121 cm³/mol. The van der Waals surface area contributed by atoms with Crippen LogP contribution in [0.2, 0.25) is 0 Å². The van der Waals surface area contributed by atoms with Crippen molar-refractivity contribution in [3.63, 3.8) is 0 Å². The maximum Gasteiger partial charge on any atom is 0.127 e. The van der Waals surface area contributed by atoms with Crippen LogP contribution in [0.5, 0.6) is 5.75 Å². The van der Waals surface area contributed by atoms with E-state index in [-0.39, 0.29) is 10.8 Å². The molecule has 0 fully saturated rings. The second-order valence-corrected chi connectivity index (χ2v) is 9.55. The SMILES string of the molecule is CC(C)(C)c1cccc(-c2cccc(-c3cccc(C(C)(C)C)c3O)c2)c1N. The molecule has 0 heterocycles. The first-order valence-corrected chi connectivity index (χ1v) is 9.82. The molecule has 0 saturated heterocycles. The van der Waals surface area contributed by atoms with E-state index in [0.717, 1.165) is 39.1 Å². The molecule has 0 atom stereocenters. The van der Waals surface area contributed by atoms with E-state index in [1.54, 1.807) is 0 Å². The zero-order chi connectivity index (χ0) is 20.7. The van der Waals surface area contributed by atoms with Gasteiger partial charge in [0.05, 0.1) is 0 Å². The highest BCUT2D eigenvalue weighted by Crippen LogP contribution is 2.40. The van der Waals surface area contributed by atoms with Gasteiger partial charge in [-0.15, -0.1) is 0 Å². The van der Waals surface area contributed by atoms with Gasteiger partial charge in [-0.1, -0.05) is 96.1 Å². The first-order chi connectivity index (χ1) is 13.0. The molecule has 0 aliphatic heterocycles. The molecule has 0 radical (unpaired) electrons. The van der Waals surface area contributed by atoms with Gasteiger partial charge < -0.3 is 10.8 Å². The van der Waals surface area contributed by atoms with Crippen LogP contribution in [-0.2, 0) is 10.8 Å². The minimum absolute atomic E-state index is 0.0169. The fourth-order valence-electron chi connectivity index (χ4n) is 3.71. The number of nitrogens with two attached hydrogens (primary N) is 1. The summed E-state index contributed by atoms with van der Waals surface area (Å²) in [5.41, 5.74) is 13.2. The van der Waals surface area contributed by atoms with E-state index >= 15 is 0 Å². The van der Waals surface area contributed by atoms with Crippen molar-refractivity contribution in [2.24, 2.45) is 0 Å².